The molecule has 5 rings (SSSR count). The highest BCUT2D eigenvalue weighted by Crippen LogP contribution is 2.59. The van der Waals surface area contributed by atoms with Gasteiger partial charge in [0.1, 0.15) is 5.82 Å². The summed E-state index contributed by atoms with van der Waals surface area (Å²) in [7, 11) is 1.88. The van der Waals surface area contributed by atoms with Crippen LogP contribution in [0.3, 0.4) is 0 Å². The summed E-state index contributed by atoms with van der Waals surface area (Å²) in [5.74, 6) is 1.20. The number of aromatic nitrogens is 4. The van der Waals surface area contributed by atoms with E-state index in [1.807, 2.05) is 18.5 Å². The fraction of sp³-hybridized carbons (Fsp3) is 0.500. The molecule has 0 spiro atoms. The van der Waals surface area contributed by atoms with E-state index in [-0.39, 0.29) is 5.41 Å². The predicted molar refractivity (Wildman–Crippen MR) is 114 cm³/mol. The first-order chi connectivity index (χ1) is 15.7. The summed E-state index contributed by atoms with van der Waals surface area (Å²) in [6.07, 6.45) is -1.52. The number of fused-ring (bicyclic) bond motifs is 1. The van der Waals surface area contributed by atoms with Gasteiger partial charge in [-0.05, 0) is 49.9 Å². The van der Waals surface area contributed by atoms with Crippen molar-refractivity contribution in [3.63, 3.8) is 0 Å². The number of benzene rings is 1. The Kier molecular flexibility index (Phi) is 5.51. The average Bonchev–Trinajstić information content (AvgIpc) is 3.06. The number of halogens is 4. The molecule has 176 valence electrons. The zero-order valence-electron chi connectivity index (χ0n) is 18.2. The van der Waals surface area contributed by atoms with E-state index in [1.165, 1.54) is 12.5 Å². The molecule has 2 aliphatic rings. The second-order valence-corrected chi connectivity index (χ2v) is 9.88. The largest absolute Gasteiger partial charge is 0.440 e. The second kappa shape index (κ2) is 8.12. The van der Waals surface area contributed by atoms with Gasteiger partial charge in [-0.1, -0.05) is 17.8 Å². The van der Waals surface area contributed by atoms with Crippen molar-refractivity contribution >= 4 is 11.8 Å². The van der Waals surface area contributed by atoms with Crippen LogP contribution in [-0.4, -0.2) is 50.0 Å². The molecule has 1 aliphatic carbocycles. The standard InChI is InChI=1S/C22H23F4N5OS/c1-13-18(32-12-27-13)19-28-29-20(30(19)2)33-7-3-6-31-10-15-9-21(15,11-31)14-4-5-17(23)16(8-14)22(24,25)26/h4-5,8,12,15H,3,6-7,9-11H2,1-2H3/t15-,21+/m1/s1. The van der Waals surface area contributed by atoms with Crippen molar-refractivity contribution < 1.29 is 22.0 Å². The maximum absolute atomic E-state index is 13.7. The topological polar surface area (TPSA) is 60.0 Å². The SMILES string of the molecule is Cc1ncoc1-c1nnc(SCCCN2C[C@H]3C[C@@]3(c3ccc(F)c(C(F)(F)F)c3)C2)n1C. The number of piperidine rings is 1. The summed E-state index contributed by atoms with van der Waals surface area (Å²) in [5.41, 5.74) is -0.0770. The van der Waals surface area contributed by atoms with E-state index in [2.05, 4.69) is 20.1 Å². The van der Waals surface area contributed by atoms with E-state index in [0.717, 1.165) is 54.7 Å². The summed E-state index contributed by atoms with van der Waals surface area (Å²) in [6, 6.07) is 3.49. The van der Waals surface area contributed by atoms with Crippen LogP contribution in [0.15, 0.2) is 34.2 Å². The fourth-order valence-corrected chi connectivity index (χ4v) is 5.70. The molecule has 0 amide bonds. The lowest BCUT2D eigenvalue weighted by atomic mass is 9.93. The van der Waals surface area contributed by atoms with Gasteiger partial charge in [0.25, 0.3) is 0 Å². The molecule has 1 saturated carbocycles. The van der Waals surface area contributed by atoms with Crippen LogP contribution in [0.1, 0.15) is 29.7 Å². The van der Waals surface area contributed by atoms with Crippen LogP contribution in [0.25, 0.3) is 11.6 Å². The zero-order chi connectivity index (χ0) is 23.4. The Hall–Kier alpha value is -2.40. The van der Waals surface area contributed by atoms with Crippen LogP contribution in [0.4, 0.5) is 17.6 Å². The van der Waals surface area contributed by atoms with Crippen molar-refractivity contribution in [2.24, 2.45) is 13.0 Å². The molecule has 2 atom stereocenters. The van der Waals surface area contributed by atoms with Crippen LogP contribution in [0, 0.1) is 18.7 Å². The molecule has 0 N–H and O–H groups in total. The molecule has 3 heterocycles. The lowest BCUT2D eigenvalue weighted by Crippen LogP contribution is -2.28. The normalized spacial score (nSPS) is 22.7. The number of oxazole rings is 1. The molecule has 1 aliphatic heterocycles. The molecular formula is C22H23F4N5OS. The molecule has 0 radical (unpaired) electrons. The van der Waals surface area contributed by atoms with Gasteiger partial charge in [-0.3, -0.25) is 0 Å². The average molecular weight is 482 g/mol. The minimum Gasteiger partial charge on any atom is -0.440 e. The molecular weight excluding hydrogens is 458 g/mol. The van der Waals surface area contributed by atoms with E-state index in [0.29, 0.717) is 29.6 Å². The number of aryl methyl sites for hydroxylation is 1. The Labute approximate surface area is 192 Å². The highest BCUT2D eigenvalue weighted by Gasteiger charge is 2.60. The number of thioether (sulfide) groups is 1. The van der Waals surface area contributed by atoms with Crippen LogP contribution in [0.2, 0.25) is 0 Å². The molecule has 1 saturated heterocycles. The maximum atomic E-state index is 13.7. The fourth-order valence-electron chi connectivity index (χ4n) is 4.86. The van der Waals surface area contributed by atoms with Crippen molar-refractivity contribution in [2.75, 3.05) is 25.4 Å². The minimum absolute atomic E-state index is 0.270. The monoisotopic (exact) mass is 481 g/mol. The van der Waals surface area contributed by atoms with Crippen LogP contribution < -0.4 is 0 Å². The first kappa shape index (κ1) is 22.4. The smallest absolute Gasteiger partial charge is 0.419 e. The third-order valence-corrected chi connectivity index (χ3v) is 7.80. The van der Waals surface area contributed by atoms with Crippen molar-refractivity contribution in [2.45, 2.75) is 36.5 Å². The zero-order valence-corrected chi connectivity index (χ0v) is 19.0. The third-order valence-electron chi connectivity index (χ3n) is 6.70. The molecule has 1 aromatic carbocycles. The number of alkyl halides is 3. The Morgan fingerprint density at radius 3 is 2.82 bits per heavy atom. The highest BCUT2D eigenvalue weighted by molar-refractivity contribution is 7.99. The lowest BCUT2D eigenvalue weighted by Gasteiger charge is -2.21. The number of likely N-dealkylation sites (tertiary alicyclic amines) is 1. The summed E-state index contributed by atoms with van der Waals surface area (Å²) in [5, 5.41) is 9.23. The van der Waals surface area contributed by atoms with Gasteiger partial charge in [-0.25, -0.2) is 9.37 Å². The van der Waals surface area contributed by atoms with Crippen molar-refractivity contribution in [3.8, 4) is 11.6 Å². The van der Waals surface area contributed by atoms with Crippen LogP contribution in [0.5, 0.6) is 0 Å². The van der Waals surface area contributed by atoms with Crippen LogP contribution in [-0.2, 0) is 18.6 Å². The van der Waals surface area contributed by atoms with E-state index in [9.17, 15) is 17.6 Å². The lowest BCUT2D eigenvalue weighted by molar-refractivity contribution is -0.140. The summed E-state index contributed by atoms with van der Waals surface area (Å²) >= 11 is 1.60. The molecule has 6 nitrogen and oxygen atoms in total. The quantitative estimate of drug-likeness (QED) is 0.277. The summed E-state index contributed by atoms with van der Waals surface area (Å²) in [6.45, 7) is 4.28. The number of hydrogen-bond donors (Lipinski definition) is 0. The Morgan fingerprint density at radius 2 is 2.09 bits per heavy atom. The van der Waals surface area contributed by atoms with Crippen molar-refractivity contribution in [1.29, 1.82) is 0 Å². The predicted octanol–water partition coefficient (Wildman–Crippen LogP) is 4.69. The Bertz CT molecular complexity index is 1180. The molecule has 11 heteroatoms. The summed E-state index contributed by atoms with van der Waals surface area (Å²) < 4.78 is 60.4. The highest BCUT2D eigenvalue weighted by atomic mass is 32.2. The minimum atomic E-state index is -4.68. The van der Waals surface area contributed by atoms with Gasteiger partial charge in [0, 0.05) is 31.3 Å². The van der Waals surface area contributed by atoms with Crippen molar-refractivity contribution in [1.82, 2.24) is 24.6 Å². The first-order valence-corrected chi connectivity index (χ1v) is 11.7. The van der Waals surface area contributed by atoms with Gasteiger partial charge in [-0.15, -0.1) is 10.2 Å². The second-order valence-electron chi connectivity index (χ2n) is 8.82. The molecule has 2 aromatic heterocycles. The van der Waals surface area contributed by atoms with Gasteiger partial charge in [0.15, 0.2) is 17.3 Å². The number of hydrogen-bond acceptors (Lipinski definition) is 6. The molecule has 33 heavy (non-hydrogen) atoms. The molecule has 0 unspecified atom stereocenters. The van der Waals surface area contributed by atoms with Crippen molar-refractivity contribution in [3.05, 3.63) is 47.2 Å². The van der Waals surface area contributed by atoms with E-state index < -0.39 is 17.6 Å². The Balaban J connectivity index is 1.16. The maximum Gasteiger partial charge on any atom is 0.419 e. The number of nitrogens with zero attached hydrogens (tertiary/aromatic N) is 5. The third kappa shape index (κ3) is 4.05. The van der Waals surface area contributed by atoms with Gasteiger partial charge in [0.2, 0.25) is 5.82 Å². The first-order valence-electron chi connectivity index (χ1n) is 10.7. The molecule has 2 fully saturated rings. The van der Waals surface area contributed by atoms with Crippen LogP contribution >= 0.6 is 11.8 Å². The summed E-state index contributed by atoms with van der Waals surface area (Å²) in [4.78, 5) is 6.38. The van der Waals surface area contributed by atoms with Gasteiger partial charge in [-0.2, -0.15) is 13.2 Å². The van der Waals surface area contributed by atoms with E-state index in [1.54, 1.807) is 11.8 Å². The van der Waals surface area contributed by atoms with Gasteiger partial charge in [0.05, 0.1) is 11.3 Å². The number of rotatable bonds is 7. The van der Waals surface area contributed by atoms with Gasteiger partial charge >= 0.3 is 6.18 Å². The van der Waals surface area contributed by atoms with E-state index >= 15 is 0 Å². The molecule has 3 aromatic rings. The Morgan fingerprint density at radius 1 is 1.27 bits per heavy atom. The van der Waals surface area contributed by atoms with E-state index in [4.69, 9.17) is 4.42 Å². The molecule has 0 bridgehead atoms. The van der Waals surface area contributed by atoms with Gasteiger partial charge < -0.3 is 13.9 Å².